The molecule has 0 unspecified atom stereocenters. The van der Waals surface area contributed by atoms with Crippen LogP contribution in [0.2, 0.25) is 0 Å². The summed E-state index contributed by atoms with van der Waals surface area (Å²) in [6.07, 6.45) is 5.18. The van der Waals surface area contributed by atoms with Gasteiger partial charge in [0.05, 0.1) is 26.2 Å². The van der Waals surface area contributed by atoms with Gasteiger partial charge >= 0.3 is 5.97 Å². The minimum absolute atomic E-state index is 0. The van der Waals surface area contributed by atoms with E-state index in [9.17, 15) is 4.79 Å². The molecular weight excluding hydrogens is 401 g/mol. The highest BCUT2D eigenvalue weighted by Crippen LogP contribution is 2.16. The predicted molar refractivity (Wildman–Crippen MR) is 91.4 cm³/mol. The highest BCUT2D eigenvalue weighted by Gasteiger charge is 2.23. The third-order valence-electron chi connectivity index (χ3n) is 4.28. The number of benzene rings is 1. The fourth-order valence-electron chi connectivity index (χ4n) is 2.72. The summed E-state index contributed by atoms with van der Waals surface area (Å²) in [5, 5.41) is 0. The van der Waals surface area contributed by atoms with Crippen LogP contribution in [0.4, 0.5) is 0 Å². The minimum atomic E-state index is -0.237. The van der Waals surface area contributed by atoms with Crippen molar-refractivity contribution in [2.24, 2.45) is 0 Å². The molecule has 0 saturated carbocycles. The quantitative estimate of drug-likeness (QED) is 0.181. The number of unbranched alkanes of at least 4 members (excludes halogenated alkanes) is 1. The summed E-state index contributed by atoms with van der Waals surface area (Å²) in [4.78, 5) is 11.2. The molecule has 0 aliphatic rings. The van der Waals surface area contributed by atoms with E-state index in [2.05, 4.69) is 44.2 Å². The van der Waals surface area contributed by atoms with E-state index in [-0.39, 0.29) is 29.9 Å². The Balaban J connectivity index is 0.00000484. The molecule has 0 bridgehead atoms. The first-order valence-electron chi connectivity index (χ1n) is 8.34. The SMILES string of the molecule is CC=CC(=O)OCCCC[N+](CC)(CC)Cc1ccccc1.[I-]. The van der Waals surface area contributed by atoms with Gasteiger partial charge in [0.1, 0.15) is 6.54 Å². The molecule has 0 radical (unpaired) electrons. The smallest absolute Gasteiger partial charge is 0.330 e. The lowest BCUT2D eigenvalue weighted by atomic mass is 10.1. The van der Waals surface area contributed by atoms with Gasteiger partial charge in [-0.05, 0) is 33.6 Å². The van der Waals surface area contributed by atoms with E-state index < -0.39 is 0 Å². The van der Waals surface area contributed by atoms with E-state index in [1.165, 1.54) is 11.6 Å². The second-order valence-corrected chi connectivity index (χ2v) is 5.72. The Bertz CT molecular complexity index is 456. The van der Waals surface area contributed by atoms with Gasteiger partial charge in [-0.1, -0.05) is 36.4 Å². The molecule has 4 heteroatoms. The Morgan fingerprint density at radius 2 is 1.78 bits per heavy atom. The van der Waals surface area contributed by atoms with Crippen molar-refractivity contribution in [1.29, 1.82) is 0 Å². The van der Waals surface area contributed by atoms with Crippen molar-refractivity contribution in [3.63, 3.8) is 0 Å². The van der Waals surface area contributed by atoms with Crippen LogP contribution in [0.1, 0.15) is 39.2 Å². The zero-order valence-electron chi connectivity index (χ0n) is 14.6. The molecule has 0 atom stereocenters. The van der Waals surface area contributed by atoms with Crippen LogP contribution >= 0.6 is 0 Å². The molecule has 130 valence electrons. The fraction of sp³-hybridized carbons (Fsp3) is 0.526. The minimum Gasteiger partial charge on any atom is -1.00 e. The van der Waals surface area contributed by atoms with Gasteiger partial charge in [-0.15, -0.1) is 0 Å². The van der Waals surface area contributed by atoms with Crippen molar-refractivity contribution in [3.8, 4) is 0 Å². The highest BCUT2D eigenvalue weighted by molar-refractivity contribution is 5.81. The summed E-state index contributed by atoms with van der Waals surface area (Å²) in [6.45, 7) is 11.3. The number of hydrogen-bond donors (Lipinski definition) is 0. The Morgan fingerprint density at radius 3 is 2.35 bits per heavy atom. The van der Waals surface area contributed by atoms with Gasteiger partial charge < -0.3 is 33.2 Å². The van der Waals surface area contributed by atoms with Crippen molar-refractivity contribution in [3.05, 3.63) is 48.0 Å². The standard InChI is InChI=1S/C19H30NO2.HI/c1-4-12-19(21)22-16-11-10-15-20(5-2,6-3)17-18-13-8-7-9-14-18;/h4,7-9,12-14H,5-6,10-11,15-17H2,1-3H3;1H/q+1;/p-1. The summed E-state index contributed by atoms with van der Waals surface area (Å²) in [5.74, 6) is -0.237. The van der Waals surface area contributed by atoms with Crippen LogP contribution < -0.4 is 24.0 Å². The van der Waals surface area contributed by atoms with Crippen LogP contribution in [0.25, 0.3) is 0 Å². The van der Waals surface area contributed by atoms with Crippen molar-refractivity contribution in [2.45, 2.75) is 40.2 Å². The van der Waals surface area contributed by atoms with Crippen LogP contribution in [0.3, 0.4) is 0 Å². The summed E-state index contributed by atoms with van der Waals surface area (Å²) in [7, 11) is 0. The van der Waals surface area contributed by atoms with E-state index in [0.717, 1.165) is 43.5 Å². The average molecular weight is 431 g/mol. The lowest BCUT2D eigenvalue weighted by Crippen LogP contribution is -3.00. The number of hydrogen-bond acceptors (Lipinski definition) is 2. The number of quaternary nitrogens is 1. The summed E-state index contributed by atoms with van der Waals surface area (Å²) in [5.41, 5.74) is 1.39. The Hall–Kier alpha value is -0.880. The maximum absolute atomic E-state index is 11.2. The number of nitrogens with zero attached hydrogens (tertiary/aromatic N) is 1. The summed E-state index contributed by atoms with van der Waals surface area (Å²) >= 11 is 0. The first kappa shape index (κ1) is 22.1. The fourth-order valence-corrected chi connectivity index (χ4v) is 2.72. The highest BCUT2D eigenvalue weighted by atomic mass is 127. The molecule has 1 aromatic rings. The van der Waals surface area contributed by atoms with E-state index in [0.29, 0.717) is 6.61 Å². The maximum atomic E-state index is 11.2. The molecule has 1 rings (SSSR count). The van der Waals surface area contributed by atoms with Crippen LogP contribution in [-0.4, -0.2) is 36.7 Å². The molecule has 0 amide bonds. The van der Waals surface area contributed by atoms with Crippen LogP contribution in [0.5, 0.6) is 0 Å². The van der Waals surface area contributed by atoms with Crippen molar-refractivity contribution in [2.75, 3.05) is 26.2 Å². The zero-order chi connectivity index (χ0) is 16.3. The number of rotatable bonds is 10. The number of esters is 1. The van der Waals surface area contributed by atoms with Gasteiger partial charge in [-0.2, -0.15) is 0 Å². The molecule has 0 aliphatic carbocycles. The van der Waals surface area contributed by atoms with Gasteiger partial charge in [0.25, 0.3) is 0 Å². The first-order chi connectivity index (χ1) is 10.7. The van der Waals surface area contributed by atoms with Gasteiger partial charge in [-0.3, -0.25) is 0 Å². The third kappa shape index (κ3) is 8.51. The number of halogens is 1. The van der Waals surface area contributed by atoms with Crippen LogP contribution in [0.15, 0.2) is 42.5 Å². The lowest BCUT2D eigenvalue weighted by molar-refractivity contribution is -0.938. The molecule has 0 N–H and O–H groups in total. The number of carbonyl (C=O) groups excluding carboxylic acids is 1. The molecule has 1 aromatic carbocycles. The van der Waals surface area contributed by atoms with Crippen LogP contribution in [0, 0.1) is 0 Å². The second-order valence-electron chi connectivity index (χ2n) is 5.72. The van der Waals surface area contributed by atoms with E-state index in [4.69, 9.17) is 4.74 Å². The topological polar surface area (TPSA) is 26.3 Å². The van der Waals surface area contributed by atoms with Gasteiger partial charge in [0, 0.05) is 11.6 Å². The molecule has 0 fully saturated rings. The van der Waals surface area contributed by atoms with E-state index in [1.807, 2.05) is 6.92 Å². The largest absolute Gasteiger partial charge is 1.00 e. The van der Waals surface area contributed by atoms with Crippen molar-refractivity contribution >= 4 is 5.97 Å². The first-order valence-corrected chi connectivity index (χ1v) is 8.34. The number of carbonyl (C=O) groups is 1. The monoisotopic (exact) mass is 431 g/mol. The Labute approximate surface area is 158 Å². The van der Waals surface area contributed by atoms with Gasteiger partial charge in [0.2, 0.25) is 0 Å². The van der Waals surface area contributed by atoms with E-state index in [1.54, 1.807) is 6.08 Å². The predicted octanol–water partition coefficient (Wildman–Crippen LogP) is 0.947. The van der Waals surface area contributed by atoms with Gasteiger partial charge in [0.15, 0.2) is 0 Å². The average Bonchev–Trinajstić information content (AvgIpc) is 2.54. The molecule has 0 aromatic heterocycles. The molecule has 0 saturated heterocycles. The molecule has 23 heavy (non-hydrogen) atoms. The second kappa shape index (κ2) is 12.5. The molecular formula is C19H30INO2. The zero-order valence-corrected chi connectivity index (χ0v) is 16.8. The Morgan fingerprint density at radius 1 is 1.13 bits per heavy atom. The summed E-state index contributed by atoms with van der Waals surface area (Å²) in [6, 6.07) is 10.7. The number of allylic oxidation sites excluding steroid dienone is 1. The molecule has 3 nitrogen and oxygen atoms in total. The van der Waals surface area contributed by atoms with Crippen molar-refractivity contribution in [1.82, 2.24) is 0 Å². The molecule has 0 spiro atoms. The maximum Gasteiger partial charge on any atom is 0.330 e. The Kier molecular flexibility index (Phi) is 12.1. The van der Waals surface area contributed by atoms with E-state index >= 15 is 0 Å². The lowest BCUT2D eigenvalue weighted by Gasteiger charge is -2.37. The van der Waals surface area contributed by atoms with Crippen LogP contribution in [-0.2, 0) is 16.1 Å². The normalized spacial score (nSPS) is 11.3. The number of ether oxygens (including phenoxy) is 1. The van der Waals surface area contributed by atoms with Gasteiger partial charge in [-0.25, -0.2) is 4.79 Å². The molecule has 0 aliphatic heterocycles. The van der Waals surface area contributed by atoms with Crippen molar-refractivity contribution < 1.29 is 38.0 Å². The summed E-state index contributed by atoms with van der Waals surface area (Å²) < 4.78 is 6.24. The third-order valence-corrected chi connectivity index (χ3v) is 4.28. The molecule has 0 heterocycles.